The molecule has 6 heteroatoms. The minimum absolute atomic E-state index is 0.173. The molecule has 0 bridgehead atoms. The maximum Gasteiger partial charge on any atom is 0.157 e. The van der Waals surface area contributed by atoms with E-state index >= 15 is 0 Å². The molecule has 2 aromatic heterocycles. The lowest BCUT2D eigenvalue weighted by Crippen LogP contribution is -2.43. The average Bonchev–Trinajstić information content (AvgIpc) is 2.77. The van der Waals surface area contributed by atoms with Crippen molar-refractivity contribution >= 4 is 11.5 Å². The van der Waals surface area contributed by atoms with E-state index in [-0.39, 0.29) is 13.2 Å². The predicted octanol–water partition coefficient (Wildman–Crippen LogP) is 0.193. The van der Waals surface area contributed by atoms with Gasteiger partial charge in [0.1, 0.15) is 12.1 Å². The van der Waals surface area contributed by atoms with Crippen LogP contribution in [0.25, 0.3) is 5.65 Å². The Bertz CT molecular complexity index is 519. The summed E-state index contributed by atoms with van der Waals surface area (Å²) in [4.78, 5) is 4.11. The third-order valence-electron chi connectivity index (χ3n) is 2.65. The van der Waals surface area contributed by atoms with Crippen molar-refractivity contribution in [2.24, 2.45) is 0 Å². The lowest BCUT2D eigenvalue weighted by molar-refractivity contribution is 0.147. The molecular formula is C11H16N4O2. The summed E-state index contributed by atoms with van der Waals surface area (Å²) in [6.45, 7) is 3.34. The summed E-state index contributed by atoms with van der Waals surface area (Å²) < 4.78 is 1.64. The highest BCUT2D eigenvalue weighted by Crippen LogP contribution is 2.17. The van der Waals surface area contributed by atoms with E-state index in [1.54, 1.807) is 11.4 Å². The van der Waals surface area contributed by atoms with Crippen molar-refractivity contribution in [1.82, 2.24) is 14.6 Å². The molecule has 0 amide bonds. The first-order chi connectivity index (χ1) is 8.08. The van der Waals surface area contributed by atoms with E-state index in [9.17, 15) is 10.2 Å². The van der Waals surface area contributed by atoms with Crippen LogP contribution in [-0.2, 0) is 0 Å². The number of hydrogen-bond donors (Lipinski definition) is 3. The van der Waals surface area contributed by atoms with E-state index in [0.717, 1.165) is 11.2 Å². The summed E-state index contributed by atoms with van der Waals surface area (Å²) in [5, 5.41) is 25.7. The van der Waals surface area contributed by atoms with Crippen LogP contribution < -0.4 is 5.32 Å². The molecule has 3 N–H and O–H groups in total. The van der Waals surface area contributed by atoms with Crippen LogP contribution in [0.15, 0.2) is 18.5 Å². The number of aliphatic hydroxyl groups excluding tert-OH is 2. The zero-order valence-electron chi connectivity index (χ0n) is 9.88. The molecule has 2 rings (SSSR count). The number of aryl methyl sites for hydroxylation is 1. The van der Waals surface area contributed by atoms with Crippen molar-refractivity contribution in [2.75, 3.05) is 18.5 Å². The largest absolute Gasteiger partial charge is 0.394 e. The SMILES string of the molecule is Cc1cc(NC(C)(CO)CO)n2ncnc2c1. The van der Waals surface area contributed by atoms with Crippen molar-refractivity contribution in [3.05, 3.63) is 24.0 Å². The first kappa shape index (κ1) is 11.8. The van der Waals surface area contributed by atoms with Gasteiger partial charge >= 0.3 is 0 Å². The van der Waals surface area contributed by atoms with Crippen LogP contribution >= 0.6 is 0 Å². The number of anilines is 1. The monoisotopic (exact) mass is 236 g/mol. The van der Waals surface area contributed by atoms with Crippen LogP contribution in [0.5, 0.6) is 0 Å². The molecule has 0 saturated carbocycles. The number of pyridine rings is 1. The molecule has 0 aromatic carbocycles. The van der Waals surface area contributed by atoms with Gasteiger partial charge in [-0.1, -0.05) is 0 Å². The van der Waals surface area contributed by atoms with Crippen molar-refractivity contribution in [3.8, 4) is 0 Å². The highest BCUT2D eigenvalue weighted by atomic mass is 16.3. The predicted molar refractivity (Wildman–Crippen MR) is 63.9 cm³/mol. The molecule has 0 unspecified atom stereocenters. The quantitative estimate of drug-likeness (QED) is 0.706. The maximum atomic E-state index is 9.27. The van der Waals surface area contributed by atoms with E-state index in [2.05, 4.69) is 15.4 Å². The molecule has 6 nitrogen and oxygen atoms in total. The second kappa shape index (κ2) is 4.31. The Kier molecular flexibility index (Phi) is 2.99. The van der Waals surface area contributed by atoms with E-state index in [1.807, 2.05) is 19.1 Å². The molecule has 92 valence electrons. The van der Waals surface area contributed by atoms with Gasteiger partial charge in [0.15, 0.2) is 5.65 Å². The summed E-state index contributed by atoms with van der Waals surface area (Å²) in [5.74, 6) is 0.697. The Labute approximate surface area is 98.9 Å². The van der Waals surface area contributed by atoms with Crippen molar-refractivity contribution in [2.45, 2.75) is 19.4 Å². The normalized spacial score (nSPS) is 12.0. The van der Waals surface area contributed by atoms with Gasteiger partial charge in [0, 0.05) is 0 Å². The number of rotatable bonds is 4. The van der Waals surface area contributed by atoms with E-state index in [1.165, 1.54) is 6.33 Å². The van der Waals surface area contributed by atoms with Gasteiger partial charge in [0.25, 0.3) is 0 Å². The molecule has 2 heterocycles. The number of nitrogens with one attached hydrogen (secondary N) is 1. The molecule has 2 aromatic rings. The molecule has 17 heavy (non-hydrogen) atoms. The minimum atomic E-state index is -0.785. The second-order valence-corrected chi connectivity index (χ2v) is 4.45. The van der Waals surface area contributed by atoms with Gasteiger partial charge in [-0.3, -0.25) is 0 Å². The van der Waals surface area contributed by atoms with Gasteiger partial charge < -0.3 is 15.5 Å². The first-order valence-electron chi connectivity index (χ1n) is 5.38. The fourth-order valence-electron chi connectivity index (χ4n) is 1.58. The van der Waals surface area contributed by atoms with E-state index in [0.29, 0.717) is 5.82 Å². The molecular weight excluding hydrogens is 220 g/mol. The Morgan fingerprint density at radius 3 is 2.71 bits per heavy atom. The number of aromatic nitrogens is 3. The Balaban J connectivity index is 2.44. The number of aliphatic hydroxyl groups is 2. The van der Waals surface area contributed by atoms with E-state index in [4.69, 9.17) is 0 Å². The standard InChI is InChI=1S/C11H16N4O2/c1-8-3-9-12-7-13-15(9)10(4-8)14-11(2,5-16)6-17/h3-4,7,14,16-17H,5-6H2,1-2H3. The summed E-state index contributed by atoms with van der Waals surface area (Å²) in [7, 11) is 0. The highest BCUT2D eigenvalue weighted by Gasteiger charge is 2.23. The number of hydrogen-bond acceptors (Lipinski definition) is 5. The van der Waals surface area contributed by atoms with Crippen LogP contribution in [0, 0.1) is 6.92 Å². The smallest absolute Gasteiger partial charge is 0.157 e. The molecule has 0 fully saturated rings. The lowest BCUT2D eigenvalue weighted by Gasteiger charge is -2.27. The Morgan fingerprint density at radius 2 is 2.06 bits per heavy atom. The fraction of sp³-hybridized carbons (Fsp3) is 0.455. The summed E-state index contributed by atoms with van der Waals surface area (Å²) >= 11 is 0. The maximum absolute atomic E-state index is 9.27. The third-order valence-corrected chi connectivity index (χ3v) is 2.65. The van der Waals surface area contributed by atoms with Crippen molar-refractivity contribution in [3.63, 3.8) is 0 Å². The molecule has 0 aliphatic carbocycles. The zero-order chi connectivity index (χ0) is 12.5. The van der Waals surface area contributed by atoms with Gasteiger partial charge in [-0.05, 0) is 31.5 Å². The first-order valence-corrected chi connectivity index (χ1v) is 5.38. The minimum Gasteiger partial charge on any atom is -0.394 e. The number of nitrogens with zero attached hydrogens (tertiary/aromatic N) is 3. The van der Waals surface area contributed by atoms with Crippen LogP contribution in [-0.4, -0.2) is 43.6 Å². The van der Waals surface area contributed by atoms with Crippen LogP contribution in [0.1, 0.15) is 12.5 Å². The van der Waals surface area contributed by atoms with Gasteiger partial charge in [-0.2, -0.15) is 9.61 Å². The van der Waals surface area contributed by atoms with Crippen LogP contribution in [0.2, 0.25) is 0 Å². The summed E-state index contributed by atoms with van der Waals surface area (Å²) in [5.41, 5.74) is 0.976. The topological polar surface area (TPSA) is 82.7 Å². The Morgan fingerprint density at radius 1 is 1.35 bits per heavy atom. The van der Waals surface area contributed by atoms with Crippen molar-refractivity contribution in [1.29, 1.82) is 0 Å². The second-order valence-electron chi connectivity index (χ2n) is 4.45. The van der Waals surface area contributed by atoms with Gasteiger partial charge in [0.05, 0.1) is 18.8 Å². The fourth-order valence-corrected chi connectivity index (χ4v) is 1.58. The zero-order valence-corrected chi connectivity index (χ0v) is 9.88. The van der Waals surface area contributed by atoms with Crippen molar-refractivity contribution < 1.29 is 10.2 Å². The molecule has 0 spiro atoms. The number of fused-ring (bicyclic) bond motifs is 1. The molecule has 0 atom stereocenters. The molecule has 0 radical (unpaired) electrons. The van der Waals surface area contributed by atoms with E-state index < -0.39 is 5.54 Å². The van der Waals surface area contributed by atoms with Crippen LogP contribution in [0.4, 0.5) is 5.82 Å². The summed E-state index contributed by atoms with van der Waals surface area (Å²) in [6, 6.07) is 3.80. The molecule has 0 aliphatic rings. The molecule has 0 saturated heterocycles. The average molecular weight is 236 g/mol. The Hall–Kier alpha value is -1.66. The van der Waals surface area contributed by atoms with Crippen LogP contribution in [0.3, 0.4) is 0 Å². The third kappa shape index (κ3) is 2.22. The van der Waals surface area contributed by atoms with Gasteiger partial charge in [-0.25, -0.2) is 4.98 Å². The van der Waals surface area contributed by atoms with Gasteiger partial charge in [-0.15, -0.1) is 0 Å². The summed E-state index contributed by atoms with van der Waals surface area (Å²) in [6.07, 6.45) is 1.47. The highest BCUT2D eigenvalue weighted by molar-refractivity contribution is 5.52. The molecule has 0 aliphatic heterocycles. The lowest BCUT2D eigenvalue weighted by atomic mass is 10.1. The van der Waals surface area contributed by atoms with Gasteiger partial charge in [0.2, 0.25) is 0 Å².